The summed E-state index contributed by atoms with van der Waals surface area (Å²) in [6.07, 6.45) is 2.41. The molecular weight excluding hydrogens is 803 g/mol. The molecule has 0 fully saturated rings. The van der Waals surface area contributed by atoms with E-state index in [1.165, 1.54) is 122 Å². The highest BCUT2D eigenvalue weighted by Gasteiger charge is 2.52. The minimum atomic E-state index is -0.475. The van der Waals surface area contributed by atoms with Crippen LogP contribution in [0.5, 0.6) is 0 Å². The van der Waals surface area contributed by atoms with Crippen molar-refractivity contribution in [3.63, 3.8) is 0 Å². The summed E-state index contributed by atoms with van der Waals surface area (Å²) in [6.45, 7) is 9.67. The van der Waals surface area contributed by atoms with Gasteiger partial charge in [0.15, 0.2) is 0 Å². The van der Waals surface area contributed by atoms with Gasteiger partial charge in [0.25, 0.3) is 0 Å². The molecule has 0 atom stereocenters. The zero-order chi connectivity index (χ0) is 43.7. The van der Waals surface area contributed by atoms with Gasteiger partial charge in [0, 0.05) is 26.7 Å². The molecule has 0 amide bonds. The molecule has 0 saturated carbocycles. The lowest BCUT2D eigenvalue weighted by atomic mass is 9.63. The molecule has 1 heterocycles. The highest BCUT2D eigenvalue weighted by atomic mass is 32.1. The Bertz CT molecular complexity index is 3500. The SMILES string of the molecule is CC1(C)CCC(C)(C)c2cc(-c3ccc(-c4cc5c(cc4N(c4ccccc4)c4cccc6c4sc4ccccc46)C4(c6ccccc6-c6ccccc64)c4ccccc4-5)cc3)ccc21. The van der Waals surface area contributed by atoms with Crippen LogP contribution in [0.3, 0.4) is 0 Å². The third-order valence-electron chi connectivity index (χ3n) is 15.4. The lowest BCUT2D eigenvalue weighted by molar-refractivity contribution is 0.332. The molecular formula is C63H49NS. The van der Waals surface area contributed by atoms with Crippen LogP contribution in [0, 0.1) is 0 Å². The second-order valence-electron chi connectivity index (χ2n) is 19.8. The molecule has 0 radical (unpaired) electrons. The quantitative estimate of drug-likeness (QED) is 0.167. The highest BCUT2D eigenvalue weighted by molar-refractivity contribution is 7.26. The summed E-state index contributed by atoms with van der Waals surface area (Å²) in [5.74, 6) is 0. The third kappa shape index (κ3) is 5.50. The average Bonchev–Trinajstić information content (AvgIpc) is 3.98. The number of para-hydroxylation sites is 1. The van der Waals surface area contributed by atoms with E-state index in [0.29, 0.717) is 0 Å². The number of hydrogen-bond acceptors (Lipinski definition) is 2. The molecule has 312 valence electrons. The molecule has 3 aliphatic rings. The molecule has 13 rings (SSSR count). The van der Waals surface area contributed by atoms with Crippen LogP contribution >= 0.6 is 11.3 Å². The maximum absolute atomic E-state index is 2.57. The van der Waals surface area contributed by atoms with Crippen LogP contribution in [0.15, 0.2) is 200 Å². The van der Waals surface area contributed by atoms with E-state index in [-0.39, 0.29) is 10.8 Å². The van der Waals surface area contributed by atoms with E-state index < -0.39 is 5.41 Å². The van der Waals surface area contributed by atoms with Gasteiger partial charge in [-0.2, -0.15) is 0 Å². The number of hydrogen-bond donors (Lipinski definition) is 0. The number of thiophene rings is 1. The predicted molar refractivity (Wildman–Crippen MR) is 276 cm³/mol. The summed E-state index contributed by atoms with van der Waals surface area (Å²) in [5, 5.41) is 2.59. The molecule has 2 heteroatoms. The second-order valence-corrected chi connectivity index (χ2v) is 20.9. The molecule has 1 aromatic heterocycles. The van der Waals surface area contributed by atoms with Crippen LogP contribution in [0.4, 0.5) is 17.1 Å². The monoisotopic (exact) mass is 851 g/mol. The molecule has 3 aliphatic carbocycles. The van der Waals surface area contributed by atoms with Crippen molar-refractivity contribution in [1.29, 1.82) is 0 Å². The van der Waals surface area contributed by atoms with Crippen molar-refractivity contribution in [2.24, 2.45) is 0 Å². The molecule has 65 heavy (non-hydrogen) atoms. The molecule has 0 unspecified atom stereocenters. The zero-order valence-corrected chi connectivity index (χ0v) is 38.1. The lowest BCUT2D eigenvalue weighted by Gasteiger charge is -2.42. The van der Waals surface area contributed by atoms with E-state index in [0.717, 1.165) is 5.69 Å². The zero-order valence-electron chi connectivity index (χ0n) is 37.3. The topological polar surface area (TPSA) is 3.24 Å². The fraction of sp³-hybridized carbons (Fsp3) is 0.143. The molecule has 9 aromatic carbocycles. The van der Waals surface area contributed by atoms with Crippen molar-refractivity contribution in [2.75, 3.05) is 4.90 Å². The van der Waals surface area contributed by atoms with Crippen LogP contribution in [0.1, 0.15) is 73.9 Å². The summed E-state index contributed by atoms with van der Waals surface area (Å²) in [6, 6.07) is 76.0. The number of rotatable bonds is 5. The van der Waals surface area contributed by atoms with E-state index in [2.05, 4.69) is 233 Å². The fourth-order valence-corrected chi connectivity index (χ4v) is 13.3. The third-order valence-corrected chi connectivity index (χ3v) is 16.6. The van der Waals surface area contributed by atoms with Crippen molar-refractivity contribution >= 4 is 48.6 Å². The van der Waals surface area contributed by atoms with Gasteiger partial charge in [-0.15, -0.1) is 11.3 Å². The first-order chi connectivity index (χ1) is 31.7. The summed E-state index contributed by atoms with van der Waals surface area (Å²) < 4.78 is 2.59. The van der Waals surface area contributed by atoms with E-state index in [1.807, 2.05) is 11.3 Å². The van der Waals surface area contributed by atoms with Crippen LogP contribution in [0.2, 0.25) is 0 Å². The van der Waals surface area contributed by atoms with Crippen LogP contribution < -0.4 is 4.90 Å². The lowest BCUT2D eigenvalue weighted by Crippen LogP contribution is -2.33. The van der Waals surface area contributed by atoms with Gasteiger partial charge in [-0.3, -0.25) is 0 Å². The standard InChI is InChI=1S/C63H49NS/c1-61(2)35-36-62(3,4)56-37-42(33-34-54(56)61)40-29-31-41(32-30-40)49-38-50-46-21-10-14-26-53(46)63(51-24-12-8-19-44(51)45-20-9-13-25-52(45)63)55(50)39-58(49)64(43-17-6-5-7-18-43)57-27-16-23-48-47-22-11-15-28-59(47)65-60(48)57/h5-34,37-39H,35-36H2,1-4H3. The molecule has 0 N–H and O–H groups in total. The first kappa shape index (κ1) is 38.5. The van der Waals surface area contributed by atoms with Crippen molar-refractivity contribution in [2.45, 2.75) is 56.8 Å². The highest BCUT2D eigenvalue weighted by Crippen LogP contribution is 2.64. The van der Waals surface area contributed by atoms with E-state index in [9.17, 15) is 0 Å². The summed E-state index contributed by atoms with van der Waals surface area (Å²) in [5.41, 5.74) is 21.9. The van der Waals surface area contributed by atoms with Gasteiger partial charge in [0.1, 0.15) is 0 Å². The Balaban J connectivity index is 1.09. The Morgan fingerprint density at radius 3 is 1.62 bits per heavy atom. The van der Waals surface area contributed by atoms with Crippen LogP contribution in [-0.2, 0) is 16.2 Å². The van der Waals surface area contributed by atoms with Crippen molar-refractivity contribution in [3.05, 3.63) is 234 Å². The largest absolute Gasteiger partial charge is 0.308 e. The van der Waals surface area contributed by atoms with E-state index >= 15 is 0 Å². The smallest absolute Gasteiger partial charge is 0.0726 e. The first-order valence-electron chi connectivity index (χ1n) is 23.2. The van der Waals surface area contributed by atoms with E-state index in [1.54, 1.807) is 0 Å². The van der Waals surface area contributed by atoms with Gasteiger partial charge in [-0.1, -0.05) is 191 Å². The van der Waals surface area contributed by atoms with Gasteiger partial charge in [-0.25, -0.2) is 0 Å². The number of fused-ring (bicyclic) bond motifs is 14. The van der Waals surface area contributed by atoms with Gasteiger partial charge in [-0.05, 0) is 132 Å². The average molecular weight is 852 g/mol. The van der Waals surface area contributed by atoms with Crippen molar-refractivity contribution in [1.82, 2.24) is 0 Å². The van der Waals surface area contributed by atoms with E-state index in [4.69, 9.17) is 0 Å². The maximum atomic E-state index is 2.57. The minimum Gasteiger partial charge on any atom is -0.308 e. The molecule has 1 nitrogen and oxygen atoms in total. The summed E-state index contributed by atoms with van der Waals surface area (Å²) in [7, 11) is 0. The Morgan fingerprint density at radius 1 is 0.369 bits per heavy atom. The van der Waals surface area contributed by atoms with Gasteiger partial charge in [0.05, 0.1) is 21.5 Å². The number of anilines is 3. The Labute approximate surface area is 386 Å². The molecule has 0 aliphatic heterocycles. The van der Waals surface area contributed by atoms with Gasteiger partial charge < -0.3 is 4.90 Å². The summed E-state index contributed by atoms with van der Waals surface area (Å²) in [4.78, 5) is 2.55. The van der Waals surface area contributed by atoms with Crippen LogP contribution in [-0.4, -0.2) is 0 Å². The van der Waals surface area contributed by atoms with Crippen molar-refractivity contribution in [3.8, 4) is 44.5 Å². The maximum Gasteiger partial charge on any atom is 0.0726 e. The normalized spacial score (nSPS) is 15.6. The van der Waals surface area contributed by atoms with Crippen molar-refractivity contribution < 1.29 is 0 Å². The van der Waals surface area contributed by atoms with Crippen LogP contribution in [0.25, 0.3) is 64.7 Å². The first-order valence-corrected chi connectivity index (χ1v) is 24.0. The molecule has 0 saturated heterocycles. The van der Waals surface area contributed by atoms with Gasteiger partial charge in [0.2, 0.25) is 0 Å². The minimum absolute atomic E-state index is 0.145. The predicted octanol–water partition coefficient (Wildman–Crippen LogP) is 17.6. The molecule has 0 bridgehead atoms. The second kappa shape index (κ2) is 14.0. The Hall–Kier alpha value is -7.00. The number of nitrogens with zero attached hydrogens (tertiary/aromatic N) is 1. The van der Waals surface area contributed by atoms with Gasteiger partial charge >= 0.3 is 0 Å². The fourth-order valence-electron chi connectivity index (χ4n) is 12.0. The molecule has 10 aromatic rings. The Kier molecular flexibility index (Phi) is 8.28. The number of benzene rings is 9. The molecule has 1 spiro atoms. The Morgan fingerprint density at radius 2 is 0.923 bits per heavy atom. The summed E-state index contributed by atoms with van der Waals surface area (Å²) >= 11 is 1.89.